The lowest BCUT2D eigenvalue weighted by molar-refractivity contribution is 0.00409. The Morgan fingerprint density at radius 1 is 1.17 bits per heavy atom. The number of halogens is 2. The van der Waals surface area contributed by atoms with Crippen molar-refractivity contribution in [2.24, 2.45) is 0 Å². The lowest BCUT2D eigenvalue weighted by atomic mass is 9.95. The molecule has 2 aromatic carbocycles. The summed E-state index contributed by atoms with van der Waals surface area (Å²) in [7, 11) is -2.25. The molecule has 130 valence electrons. The van der Waals surface area contributed by atoms with E-state index in [1.54, 1.807) is 49.4 Å². The molecule has 0 aliphatic heterocycles. The molecule has 1 atom stereocenters. The van der Waals surface area contributed by atoms with Crippen LogP contribution in [0.15, 0.2) is 48.5 Å². The Morgan fingerprint density at radius 3 is 2.42 bits per heavy atom. The Bertz CT molecular complexity index is 813. The summed E-state index contributed by atoms with van der Waals surface area (Å²) in [5.74, 6) is -0.712. The monoisotopic (exact) mass is 371 g/mol. The van der Waals surface area contributed by atoms with Crippen molar-refractivity contribution in [1.29, 1.82) is 0 Å². The molecule has 0 fully saturated rings. The highest BCUT2D eigenvalue weighted by molar-refractivity contribution is 7.88. The quantitative estimate of drug-likeness (QED) is 0.810. The van der Waals surface area contributed by atoms with Crippen LogP contribution in [0.4, 0.5) is 4.39 Å². The van der Waals surface area contributed by atoms with Gasteiger partial charge in [0.25, 0.3) is 0 Å². The smallest absolute Gasteiger partial charge is 0.215 e. The summed E-state index contributed by atoms with van der Waals surface area (Å²) >= 11 is 6.00. The average Bonchev–Trinajstić information content (AvgIpc) is 2.55. The van der Waals surface area contributed by atoms with Crippen LogP contribution in [-0.2, 0) is 26.1 Å². The summed E-state index contributed by atoms with van der Waals surface area (Å²) in [5.41, 5.74) is -0.344. The summed E-state index contributed by atoms with van der Waals surface area (Å²) < 4.78 is 46.5. The molecule has 0 saturated heterocycles. The second kappa shape index (κ2) is 7.61. The van der Waals surface area contributed by atoms with Gasteiger partial charge in [-0.05, 0) is 24.6 Å². The lowest BCUT2D eigenvalue weighted by Crippen LogP contribution is -2.41. The van der Waals surface area contributed by atoms with Crippen molar-refractivity contribution in [3.8, 4) is 0 Å². The maximum Gasteiger partial charge on any atom is 0.215 e. The standard InChI is InChI=1S/C17H19ClFNO3S/c1-17(23-2,14-8-4-6-10-16(14)19)12-20-24(21,22)11-13-7-3-5-9-15(13)18/h3-10,20H,11-12H2,1-2H3. The molecule has 2 aromatic rings. The van der Waals surface area contributed by atoms with Gasteiger partial charge in [0.05, 0.1) is 5.75 Å². The second-order valence-electron chi connectivity index (χ2n) is 5.59. The van der Waals surface area contributed by atoms with Crippen molar-refractivity contribution in [3.05, 3.63) is 70.5 Å². The summed E-state index contributed by atoms with van der Waals surface area (Å²) in [4.78, 5) is 0. The molecule has 7 heteroatoms. The molecule has 0 heterocycles. The molecule has 0 amide bonds. The predicted octanol–water partition coefficient (Wildman–Crippen LogP) is 3.46. The fourth-order valence-corrected chi connectivity index (χ4v) is 3.83. The number of benzene rings is 2. The molecule has 2 rings (SSSR count). The number of rotatable bonds is 7. The van der Waals surface area contributed by atoms with Crippen LogP contribution in [0.1, 0.15) is 18.1 Å². The van der Waals surface area contributed by atoms with E-state index in [9.17, 15) is 12.8 Å². The minimum atomic E-state index is -3.66. The molecule has 0 spiro atoms. The minimum absolute atomic E-state index is 0.1000. The van der Waals surface area contributed by atoms with Crippen LogP contribution >= 0.6 is 11.6 Å². The van der Waals surface area contributed by atoms with Crippen molar-refractivity contribution in [1.82, 2.24) is 4.72 Å². The molecule has 0 radical (unpaired) electrons. The van der Waals surface area contributed by atoms with E-state index in [0.717, 1.165) is 0 Å². The van der Waals surface area contributed by atoms with E-state index in [1.807, 2.05) is 0 Å². The van der Waals surface area contributed by atoms with Gasteiger partial charge >= 0.3 is 0 Å². The van der Waals surface area contributed by atoms with Crippen molar-refractivity contribution < 1.29 is 17.5 Å². The summed E-state index contributed by atoms with van der Waals surface area (Å²) in [5, 5.41) is 0.381. The van der Waals surface area contributed by atoms with Crippen LogP contribution in [0.3, 0.4) is 0 Å². The maximum atomic E-state index is 14.0. The Kier molecular flexibility index (Phi) is 5.98. The zero-order valence-corrected chi connectivity index (χ0v) is 15.0. The molecular formula is C17H19ClFNO3S. The number of hydrogen-bond donors (Lipinski definition) is 1. The Hall–Kier alpha value is -1.47. The van der Waals surface area contributed by atoms with Gasteiger partial charge in [-0.1, -0.05) is 48.0 Å². The molecule has 0 aliphatic rings. The van der Waals surface area contributed by atoms with Gasteiger partial charge in [0.15, 0.2) is 0 Å². The third-order valence-corrected chi connectivity index (χ3v) is 5.47. The highest BCUT2D eigenvalue weighted by Gasteiger charge is 2.31. The number of methoxy groups -OCH3 is 1. The molecule has 0 saturated carbocycles. The molecular weight excluding hydrogens is 353 g/mol. The minimum Gasteiger partial charge on any atom is -0.372 e. The van der Waals surface area contributed by atoms with E-state index in [0.29, 0.717) is 10.6 Å². The summed E-state index contributed by atoms with van der Waals surface area (Å²) in [6, 6.07) is 12.8. The SMILES string of the molecule is COC(C)(CNS(=O)(=O)Cc1ccccc1Cl)c1ccccc1F. The zero-order valence-electron chi connectivity index (χ0n) is 13.4. The summed E-state index contributed by atoms with van der Waals surface area (Å²) in [6.45, 7) is 1.53. The van der Waals surface area contributed by atoms with Crippen molar-refractivity contribution in [3.63, 3.8) is 0 Å². The first-order valence-corrected chi connectivity index (χ1v) is 9.31. The van der Waals surface area contributed by atoms with Crippen molar-refractivity contribution >= 4 is 21.6 Å². The van der Waals surface area contributed by atoms with Gasteiger partial charge in [-0.2, -0.15) is 0 Å². The van der Waals surface area contributed by atoms with Gasteiger partial charge in [-0.25, -0.2) is 17.5 Å². The predicted molar refractivity (Wildman–Crippen MR) is 92.8 cm³/mol. The van der Waals surface area contributed by atoms with Crippen molar-refractivity contribution in [2.45, 2.75) is 18.3 Å². The zero-order chi connectivity index (χ0) is 17.8. The Labute approximate surface area is 146 Å². The first-order valence-electron chi connectivity index (χ1n) is 7.28. The van der Waals surface area contributed by atoms with Gasteiger partial charge in [0.2, 0.25) is 10.0 Å². The number of ether oxygens (including phenoxy) is 1. The fraction of sp³-hybridized carbons (Fsp3) is 0.294. The van der Waals surface area contributed by atoms with E-state index < -0.39 is 21.4 Å². The van der Waals surface area contributed by atoms with Gasteiger partial charge in [0.1, 0.15) is 11.4 Å². The van der Waals surface area contributed by atoms with E-state index in [2.05, 4.69) is 4.72 Å². The third kappa shape index (κ3) is 4.54. The first kappa shape index (κ1) is 18.9. The van der Waals surface area contributed by atoms with E-state index in [-0.39, 0.29) is 17.9 Å². The van der Waals surface area contributed by atoms with Gasteiger partial charge < -0.3 is 4.74 Å². The lowest BCUT2D eigenvalue weighted by Gasteiger charge is -2.29. The Balaban J connectivity index is 2.15. The molecule has 0 aromatic heterocycles. The Morgan fingerprint density at radius 2 is 1.79 bits per heavy atom. The van der Waals surface area contributed by atoms with Crippen LogP contribution in [0.2, 0.25) is 5.02 Å². The van der Waals surface area contributed by atoms with Crippen LogP contribution in [0.5, 0.6) is 0 Å². The molecule has 1 N–H and O–H groups in total. The third-order valence-electron chi connectivity index (χ3n) is 3.83. The molecule has 24 heavy (non-hydrogen) atoms. The largest absolute Gasteiger partial charge is 0.372 e. The van der Waals surface area contributed by atoms with Gasteiger partial charge in [-0.3, -0.25) is 0 Å². The molecule has 0 aliphatic carbocycles. The van der Waals surface area contributed by atoms with Gasteiger partial charge in [0, 0.05) is 24.2 Å². The fourth-order valence-electron chi connectivity index (χ4n) is 2.29. The second-order valence-corrected chi connectivity index (χ2v) is 7.80. The van der Waals surface area contributed by atoms with Crippen LogP contribution in [0, 0.1) is 5.82 Å². The summed E-state index contributed by atoms with van der Waals surface area (Å²) in [6.07, 6.45) is 0. The number of sulfonamides is 1. The van der Waals surface area contributed by atoms with E-state index in [1.165, 1.54) is 13.2 Å². The molecule has 0 bridgehead atoms. The molecule has 1 unspecified atom stereocenters. The number of nitrogens with one attached hydrogen (secondary N) is 1. The van der Waals surface area contributed by atoms with E-state index in [4.69, 9.17) is 16.3 Å². The van der Waals surface area contributed by atoms with E-state index >= 15 is 0 Å². The normalized spacial score (nSPS) is 14.3. The first-order chi connectivity index (χ1) is 11.3. The van der Waals surface area contributed by atoms with Crippen LogP contribution < -0.4 is 4.72 Å². The van der Waals surface area contributed by atoms with Gasteiger partial charge in [-0.15, -0.1) is 0 Å². The van der Waals surface area contributed by atoms with Crippen molar-refractivity contribution in [2.75, 3.05) is 13.7 Å². The average molecular weight is 372 g/mol. The highest BCUT2D eigenvalue weighted by atomic mass is 35.5. The highest BCUT2D eigenvalue weighted by Crippen LogP contribution is 2.27. The van der Waals surface area contributed by atoms with Crippen LogP contribution in [0.25, 0.3) is 0 Å². The van der Waals surface area contributed by atoms with Crippen LogP contribution in [-0.4, -0.2) is 22.1 Å². The maximum absolute atomic E-state index is 14.0. The number of hydrogen-bond acceptors (Lipinski definition) is 3. The topological polar surface area (TPSA) is 55.4 Å². The molecule has 4 nitrogen and oxygen atoms in total.